The van der Waals surface area contributed by atoms with Crippen LogP contribution in [0.15, 0.2) is 107 Å². The summed E-state index contributed by atoms with van der Waals surface area (Å²) in [5.74, 6) is 3.51. The molecule has 6 rings (SSSR count). The normalized spacial score (nSPS) is 15.3. The van der Waals surface area contributed by atoms with E-state index in [-0.39, 0.29) is 23.3 Å². The molecule has 356 valence electrons. The number of nitrogens with one attached hydrogen (secondary N) is 2. The van der Waals surface area contributed by atoms with E-state index < -0.39 is 0 Å². The molecule has 18 heteroatoms. The number of amidine groups is 4. The van der Waals surface area contributed by atoms with Crippen LogP contribution >= 0.6 is 0 Å². The molecule has 0 saturated carbocycles. The van der Waals surface area contributed by atoms with E-state index in [0.29, 0.717) is 48.7 Å². The number of nitrogens with two attached hydrogens (primary N) is 4. The van der Waals surface area contributed by atoms with E-state index in [1.165, 1.54) is 0 Å². The first-order valence-corrected chi connectivity index (χ1v) is 22.6. The lowest BCUT2D eigenvalue weighted by molar-refractivity contribution is 0.120. The minimum absolute atomic E-state index is 0.0728. The van der Waals surface area contributed by atoms with Crippen molar-refractivity contribution in [3.8, 4) is 23.0 Å². The largest absolute Gasteiger partial charge is 0.494 e. The molecule has 0 radical (unpaired) electrons. The Morgan fingerprint density at radius 1 is 0.394 bits per heavy atom. The number of piperazine rings is 2. The van der Waals surface area contributed by atoms with E-state index in [0.717, 1.165) is 127 Å². The van der Waals surface area contributed by atoms with Crippen LogP contribution in [0.5, 0.6) is 23.0 Å². The average Bonchev–Trinajstić information content (AvgIpc) is 3.35. The zero-order valence-corrected chi connectivity index (χ0v) is 37.9. The molecule has 4 aromatic rings. The first-order chi connectivity index (χ1) is 32.1. The lowest BCUT2D eigenvalue weighted by Crippen LogP contribution is -2.47. The highest BCUT2D eigenvalue weighted by Crippen LogP contribution is 2.16. The second-order valence-corrected chi connectivity index (χ2v) is 16.1. The Labute approximate surface area is 388 Å². The summed E-state index contributed by atoms with van der Waals surface area (Å²) in [7, 11) is 0. The maximum absolute atomic E-state index is 8.70. The lowest BCUT2D eigenvalue weighted by atomic mass is 10.2. The standard InChI is InChI=1S/C24H34N6O4.C24H34N6O2/c25-23(27-31)19-3-7-21(8-4-19)33-17-1-11-29-13-15-30(16-14-29)12-2-18-34-22-9-5-20(6-10-22)24(26)28-32;25-23(26)19-3-7-21(8-4-19)31-17-1-11-29-13-15-30(16-14-29)12-2-18-32-22-9-5-20(6-10-22)24(27)28/h3-10,31-32H,1-2,11-18H2,(H2,25,27)(H2,26,28);3-10H,1-2,11-18H2,(H3,25,26)(H3,27,28). The first kappa shape index (κ1) is 50.4. The molecule has 0 aliphatic carbocycles. The van der Waals surface area contributed by atoms with Gasteiger partial charge in [-0.2, -0.15) is 0 Å². The molecular formula is C48H68N12O6. The van der Waals surface area contributed by atoms with Gasteiger partial charge in [-0.15, -0.1) is 0 Å². The number of hydrogen-bond acceptors (Lipinski definition) is 14. The van der Waals surface area contributed by atoms with Gasteiger partial charge in [-0.25, -0.2) is 0 Å². The second-order valence-electron chi connectivity index (χ2n) is 16.1. The Morgan fingerprint density at radius 2 is 0.606 bits per heavy atom. The van der Waals surface area contributed by atoms with Crippen LogP contribution in [-0.2, 0) is 0 Å². The van der Waals surface area contributed by atoms with Gasteiger partial charge >= 0.3 is 0 Å². The maximum Gasteiger partial charge on any atom is 0.170 e. The van der Waals surface area contributed by atoms with Crippen molar-refractivity contribution in [2.24, 2.45) is 33.2 Å². The van der Waals surface area contributed by atoms with Crippen molar-refractivity contribution in [3.63, 3.8) is 0 Å². The monoisotopic (exact) mass is 909 g/mol. The van der Waals surface area contributed by atoms with Gasteiger partial charge in [0, 0.05) is 101 Å². The van der Waals surface area contributed by atoms with E-state index in [1.807, 2.05) is 72.8 Å². The van der Waals surface area contributed by atoms with E-state index in [9.17, 15) is 0 Å². The number of ether oxygens (including phenoxy) is 4. The van der Waals surface area contributed by atoms with Crippen molar-refractivity contribution >= 4 is 23.3 Å². The lowest BCUT2D eigenvalue weighted by Gasteiger charge is -2.34. The van der Waals surface area contributed by atoms with Gasteiger partial charge in [0.15, 0.2) is 11.7 Å². The molecule has 12 N–H and O–H groups in total. The zero-order valence-electron chi connectivity index (χ0n) is 37.9. The number of nitrogen functional groups attached to an aromatic ring is 2. The SMILES string of the molecule is N/C(=N\O)c1ccc(OCCCN2CCN(CCCOc3ccc(/C(N)=N/O)cc3)CC2)cc1.N=C(N)c1ccc(OCCCN2CCN(CCCOc3ccc(C(=N)N)cc3)CC2)cc1. The summed E-state index contributed by atoms with van der Waals surface area (Å²) in [5.41, 5.74) is 24.8. The molecule has 0 spiro atoms. The van der Waals surface area contributed by atoms with Gasteiger partial charge in [0.2, 0.25) is 0 Å². The molecule has 4 aromatic carbocycles. The molecule has 2 aliphatic heterocycles. The van der Waals surface area contributed by atoms with E-state index in [2.05, 4.69) is 29.9 Å². The molecule has 2 aliphatic rings. The number of nitrogens with zero attached hydrogens (tertiary/aromatic N) is 6. The van der Waals surface area contributed by atoms with Crippen LogP contribution in [0.4, 0.5) is 0 Å². The number of rotatable bonds is 24. The zero-order chi connectivity index (χ0) is 46.9. The van der Waals surface area contributed by atoms with Gasteiger partial charge in [0.05, 0.1) is 26.4 Å². The summed E-state index contributed by atoms with van der Waals surface area (Å²) in [4.78, 5) is 9.93. The third kappa shape index (κ3) is 17.8. The molecular weight excluding hydrogens is 841 g/mol. The fraction of sp³-hybridized carbons (Fsp3) is 0.417. The summed E-state index contributed by atoms with van der Waals surface area (Å²) in [6.07, 6.45) is 3.91. The van der Waals surface area contributed by atoms with E-state index >= 15 is 0 Å². The van der Waals surface area contributed by atoms with Crippen LogP contribution in [0.1, 0.15) is 47.9 Å². The highest BCUT2D eigenvalue weighted by atomic mass is 16.5. The van der Waals surface area contributed by atoms with Gasteiger partial charge in [-0.05, 0) is 123 Å². The van der Waals surface area contributed by atoms with Crippen molar-refractivity contribution in [3.05, 3.63) is 119 Å². The van der Waals surface area contributed by atoms with Crippen molar-refractivity contribution in [1.82, 2.24) is 19.6 Å². The molecule has 2 saturated heterocycles. The van der Waals surface area contributed by atoms with Crippen molar-refractivity contribution in [1.29, 1.82) is 10.8 Å². The molecule has 66 heavy (non-hydrogen) atoms. The van der Waals surface area contributed by atoms with Crippen molar-refractivity contribution < 1.29 is 29.4 Å². The Balaban J connectivity index is 0.000000248. The Bertz CT molecular complexity index is 1940. The quantitative estimate of drug-likeness (QED) is 0.0163. The third-order valence-corrected chi connectivity index (χ3v) is 11.3. The van der Waals surface area contributed by atoms with Crippen LogP contribution in [0.2, 0.25) is 0 Å². The molecule has 0 amide bonds. The minimum atomic E-state index is 0.0728. The average molecular weight is 909 g/mol. The second kappa shape index (κ2) is 27.7. The minimum Gasteiger partial charge on any atom is -0.494 e. The summed E-state index contributed by atoms with van der Waals surface area (Å²) >= 11 is 0. The van der Waals surface area contributed by atoms with Crippen LogP contribution in [-0.4, -0.2) is 158 Å². The van der Waals surface area contributed by atoms with Crippen molar-refractivity contribution in [2.45, 2.75) is 25.7 Å². The Hall–Kier alpha value is -6.60. The molecule has 0 aromatic heterocycles. The first-order valence-electron chi connectivity index (χ1n) is 22.6. The Kier molecular flexibility index (Phi) is 21.1. The number of hydrogen-bond donors (Lipinski definition) is 8. The van der Waals surface area contributed by atoms with Gasteiger partial charge in [0.1, 0.15) is 34.7 Å². The fourth-order valence-electron chi connectivity index (χ4n) is 7.41. The fourth-order valence-corrected chi connectivity index (χ4v) is 7.41. The summed E-state index contributed by atoms with van der Waals surface area (Å²) in [6, 6.07) is 29.1. The molecule has 0 bridgehead atoms. The van der Waals surface area contributed by atoms with Crippen molar-refractivity contribution in [2.75, 3.05) is 105 Å². The molecule has 18 nitrogen and oxygen atoms in total. The molecule has 0 atom stereocenters. The summed E-state index contributed by atoms with van der Waals surface area (Å²) in [5, 5.41) is 38.2. The molecule has 2 fully saturated rings. The van der Waals surface area contributed by atoms with Gasteiger partial charge in [-0.3, -0.25) is 10.8 Å². The summed E-state index contributed by atoms with van der Waals surface area (Å²) < 4.78 is 23.2. The number of oxime groups is 2. The van der Waals surface area contributed by atoms with Crippen LogP contribution in [0.25, 0.3) is 0 Å². The Morgan fingerprint density at radius 3 is 0.803 bits per heavy atom. The smallest absolute Gasteiger partial charge is 0.170 e. The maximum atomic E-state index is 8.70. The van der Waals surface area contributed by atoms with E-state index in [1.54, 1.807) is 24.3 Å². The molecule has 2 heterocycles. The van der Waals surface area contributed by atoms with Gasteiger partial charge in [-0.1, -0.05) is 10.3 Å². The van der Waals surface area contributed by atoms with Crippen LogP contribution < -0.4 is 41.9 Å². The molecule has 0 unspecified atom stereocenters. The highest BCUT2D eigenvalue weighted by molar-refractivity contribution is 5.97. The topological polar surface area (TPSA) is 267 Å². The highest BCUT2D eigenvalue weighted by Gasteiger charge is 2.17. The number of benzene rings is 4. The van der Waals surface area contributed by atoms with Crippen LogP contribution in [0.3, 0.4) is 0 Å². The third-order valence-electron chi connectivity index (χ3n) is 11.3. The predicted octanol–water partition coefficient (Wildman–Crippen LogP) is 3.84. The van der Waals surface area contributed by atoms with E-state index in [4.69, 9.17) is 63.1 Å². The van der Waals surface area contributed by atoms with Gasteiger partial charge in [0.25, 0.3) is 0 Å². The predicted molar refractivity (Wildman–Crippen MR) is 259 cm³/mol. The summed E-state index contributed by atoms with van der Waals surface area (Å²) in [6.45, 7) is 15.4. The van der Waals surface area contributed by atoms with Gasteiger partial charge < -0.3 is 71.9 Å². The van der Waals surface area contributed by atoms with Crippen LogP contribution in [0, 0.1) is 10.8 Å².